The van der Waals surface area contributed by atoms with Crippen LogP contribution in [-0.2, 0) is 21.2 Å². The second-order valence-corrected chi connectivity index (χ2v) is 6.47. The van der Waals surface area contributed by atoms with Gasteiger partial charge < -0.3 is 4.90 Å². The Bertz CT molecular complexity index is 638. The molecule has 1 aromatic carbocycles. The number of amides is 1. The molecular formula is C14H18N2O3S. The van der Waals surface area contributed by atoms with E-state index < -0.39 is 10.0 Å². The zero-order valence-electron chi connectivity index (χ0n) is 11.4. The summed E-state index contributed by atoms with van der Waals surface area (Å²) < 4.78 is 26.5. The van der Waals surface area contributed by atoms with Gasteiger partial charge in [-0.25, -0.2) is 13.1 Å². The fourth-order valence-electron chi connectivity index (χ4n) is 2.32. The largest absolute Gasteiger partial charge is 0.312 e. The first-order chi connectivity index (χ1) is 9.45. The number of benzene rings is 1. The van der Waals surface area contributed by atoms with E-state index in [1.807, 2.05) is 0 Å². The molecule has 1 heterocycles. The molecule has 108 valence electrons. The molecule has 0 aliphatic carbocycles. The third-order valence-corrected chi connectivity index (χ3v) is 4.70. The molecule has 0 unspecified atom stereocenters. The molecule has 2 rings (SSSR count). The lowest BCUT2D eigenvalue weighted by molar-refractivity contribution is -0.116. The van der Waals surface area contributed by atoms with E-state index in [0.717, 1.165) is 24.1 Å². The molecule has 6 heteroatoms. The number of nitrogens with one attached hydrogen (secondary N) is 1. The number of anilines is 1. The van der Waals surface area contributed by atoms with Crippen molar-refractivity contribution in [2.45, 2.75) is 24.7 Å². The average molecular weight is 294 g/mol. The van der Waals surface area contributed by atoms with Crippen molar-refractivity contribution in [2.75, 3.05) is 18.0 Å². The maximum Gasteiger partial charge on any atom is 0.240 e. The highest BCUT2D eigenvalue weighted by molar-refractivity contribution is 7.89. The van der Waals surface area contributed by atoms with E-state index in [1.165, 1.54) is 19.1 Å². The van der Waals surface area contributed by atoms with Gasteiger partial charge in [0.15, 0.2) is 0 Å². The van der Waals surface area contributed by atoms with E-state index in [0.29, 0.717) is 6.54 Å². The Kier molecular flexibility index (Phi) is 4.25. The number of aryl methyl sites for hydroxylation is 1. The SMILES string of the molecule is C=CCNS(=O)(=O)c1ccc2c(c1)CCCN2C(C)=O. The summed E-state index contributed by atoms with van der Waals surface area (Å²) in [5.74, 6) is -0.0219. The number of sulfonamides is 1. The van der Waals surface area contributed by atoms with Crippen molar-refractivity contribution in [3.8, 4) is 0 Å². The molecule has 0 aromatic heterocycles. The van der Waals surface area contributed by atoms with E-state index >= 15 is 0 Å². The summed E-state index contributed by atoms with van der Waals surface area (Å²) in [6, 6.07) is 4.89. The van der Waals surface area contributed by atoms with Crippen molar-refractivity contribution in [1.29, 1.82) is 0 Å². The molecule has 0 atom stereocenters. The van der Waals surface area contributed by atoms with Crippen molar-refractivity contribution in [1.82, 2.24) is 4.72 Å². The smallest absolute Gasteiger partial charge is 0.240 e. The lowest BCUT2D eigenvalue weighted by atomic mass is 10.0. The molecule has 5 nitrogen and oxygen atoms in total. The van der Waals surface area contributed by atoms with E-state index in [4.69, 9.17) is 0 Å². The number of carbonyl (C=O) groups excluding carboxylic acids is 1. The average Bonchev–Trinajstić information content (AvgIpc) is 2.43. The number of rotatable bonds is 4. The zero-order chi connectivity index (χ0) is 14.8. The van der Waals surface area contributed by atoms with Gasteiger partial charge in [0.05, 0.1) is 4.90 Å². The standard InChI is InChI=1S/C14H18N2O3S/c1-3-8-15-20(18,19)13-6-7-14-12(10-13)5-4-9-16(14)11(2)17/h3,6-7,10,15H,1,4-5,8-9H2,2H3. The summed E-state index contributed by atoms with van der Waals surface area (Å²) in [4.78, 5) is 13.5. The molecule has 0 bridgehead atoms. The van der Waals surface area contributed by atoms with E-state index in [-0.39, 0.29) is 17.3 Å². The second kappa shape index (κ2) is 5.76. The minimum atomic E-state index is -3.52. The molecule has 0 saturated carbocycles. The van der Waals surface area contributed by atoms with Gasteiger partial charge in [0, 0.05) is 25.7 Å². The Morgan fingerprint density at radius 1 is 1.50 bits per heavy atom. The van der Waals surface area contributed by atoms with Crippen LogP contribution in [0.1, 0.15) is 18.9 Å². The second-order valence-electron chi connectivity index (χ2n) is 4.71. The fourth-order valence-corrected chi connectivity index (χ4v) is 3.37. The molecule has 0 saturated heterocycles. The molecular weight excluding hydrogens is 276 g/mol. The normalized spacial score (nSPS) is 14.8. The van der Waals surface area contributed by atoms with Crippen LogP contribution in [0.4, 0.5) is 5.69 Å². The molecule has 1 N–H and O–H groups in total. The van der Waals surface area contributed by atoms with Crippen LogP contribution in [0.25, 0.3) is 0 Å². The van der Waals surface area contributed by atoms with Gasteiger partial charge in [0.2, 0.25) is 15.9 Å². The van der Waals surface area contributed by atoms with Gasteiger partial charge in [-0.05, 0) is 36.6 Å². The highest BCUT2D eigenvalue weighted by atomic mass is 32.2. The number of hydrogen-bond acceptors (Lipinski definition) is 3. The summed E-state index contributed by atoms with van der Waals surface area (Å²) in [5.41, 5.74) is 1.71. The van der Waals surface area contributed by atoms with Crippen LogP contribution in [-0.4, -0.2) is 27.4 Å². The third kappa shape index (κ3) is 2.91. The molecule has 1 amide bonds. The molecule has 20 heavy (non-hydrogen) atoms. The number of hydrogen-bond donors (Lipinski definition) is 1. The Labute approximate surface area is 119 Å². The summed E-state index contributed by atoms with van der Waals surface area (Å²) in [6.45, 7) is 5.88. The molecule has 0 spiro atoms. The van der Waals surface area contributed by atoms with Crippen molar-refractivity contribution in [3.05, 3.63) is 36.4 Å². The maximum atomic E-state index is 12.1. The van der Waals surface area contributed by atoms with Crippen LogP contribution in [0, 0.1) is 0 Å². The summed E-state index contributed by atoms with van der Waals surface area (Å²) >= 11 is 0. The van der Waals surface area contributed by atoms with E-state index in [9.17, 15) is 13.2 Å². The van der Waals surface area contributed by atoms with Gasteiger partial charge in [-0.1, -0.05) is 6.08 Å². The topological polar surface area (TPSA) is 66.5 Å². The maximum absolute atomic E-state index is 12.1. The Balaban J connectivity index is 2.37. The molecule has 1 aliphatic rings. The van der Waals surface area contributed by atoms with Gasteiger partial charge in [-0.2, -0.15) is 0 Å². The first-order valence-corrected chi connectivity index (χ1v) is 7.95. The van der Waals surface area contributed by atoms with Crippen LogP contribution < -0.4 is 9.62 Å². The third-order valence-electron chi connectivity index (χ3n) is 3.28. The summed E-state index contributed by atoms with van der Waals surface area (Å²) in [6.07, 6.45) is 3.12. The monoisotopic (exact) mass is 294 g/mol. The highest BCUT2D eigenvalue weighted by Gasteiger charge is 2.22. The van der Waals surface area contributed by atoms with Gasteiger partial charge in [0.1, 0.15) is 0 Å². The Hall–Kier alpha value is -1.66. The van der Waals surface area contributed by atoms with E-state index in [1.54, 1.807) is 17.0 Å². The van der Waals surface area contributed by atoms with Gasteiger partial charge >= 0.3 is 0 Å². The molecule has 1 aromatic rings. The number of fused-ring (bicyclic) bond motifs is 1. The lowest BCUT2D eigenvalue weighted by Crippen LogP contribution is -2.33. The quantitative estimate of drug-likeness (QED) is 0.855. The Morgan fingerprint density at radius 2 is 2.25 bits per heavy atom. The van der Waals surface area contributed by atoms with Crippen molar-refractivity contribution < 1.29 is 13.2 Å². The molecule has 0 radical (unpaired) electrons. The number of nitrogens with zero attached hydrogens (tertiary/aromatic N) is 1. The predicted octanol–water partition coefficient (Wildman–Crippen LogP) is 1.45. The van der Waals surface area contributed by atoms with Crippen molar-refractivity contribution in [3.63, 3.8) is 0 Å². The minimum Gasteiger partial charge on any atom is -0.312 e. The van der Waals surface area contributed by atoms with Gasteiger partial charge in [-0.15, -0.1) is 6.58 Å². The van der Waals surface area contributed by atoms with E-state index in [2.05, 4.69) is 11.3 Å². The highest BCUT2D eigenvalue weighted by Crippen LogP contribution is 2.29. The van der Waals surface area contributed by atoms with Crippen LogP contribution in [0.2, 0.25) is 0 Å². The lowest BCUT2D eigenvalue weighted by Gasteiger charge is -2.28. The Morgan fingerprint density at radius 3 is 2.90 bits per heavy atom. The first kappa shape index (κ1) is 14.7. The van der Waals surface area contributed by atoms with Crippen LogP contribution >= 0.6 is 0 Å². The number of carbonyl (C=O) groups is 1. The summed E-state index contributed by atoms with van der Waals surface area (Å²) in [7, 11) is -3.52. The predicted molar refractivity (Wildman–Crippen MR) is 78.2 cm³/mol. The minimum absolute atomic E-state index is 0.0219. The van der Waals surface area contributed by atoms with Crippen LogP contribution in [0.5, 0.6) is 0 Å². The molecule has 0 fully saturated rings. The van der Waals surface area contributed by atoms with Gasteiger partial charge in [0.25, 0.3) is 0 Å². The molecule has 1 aliphatic heterocycles. The van der Waals surface area contributed by atoms with Crippen molar-refractivity contribution >= 4 is 21.6 Å². The van der Waals surface area contributed by atoms with Crippen molar-refractivity contribution in [2.24, 2.45) is 0 Å². The van der Waals surface area contributed by atoms with Crippen LogP contribution in [0.15, 0.2) is 35.7 Å². The fraction of sp³-hybridized carbons (Fsp3) is 0.357. The van der Waals surface area contributed by atoms with Crippen LogP contribution in [0.3, 0.4) is 0 Å². The first-order valence-electron chi connectivity index (χ1n) is 6.47. The zero-order valence-corrected chi connectivity index (χ0v) is 12.2. The van der Waals surface area contributed by atoms with Gasteiger partial charge in [-0.3, -0.25) is 4.79 Å². The summed E-state index contributed by atoms with van der Waals surface area (Å²) in [5, 5.41) is 0.